The van der Waals surface area contributed by atoms with Crippen molar-refractivity contribution in [3.63, 3.8) is 0 Å². The number of alkyl halides is 1. The van der Waals surface area contributed by atoms with Gasteiger partial charge in [0.1, 0.15) is 11.5 Å². The van der Waals surface area contributed by atoms with Crippen LogP contribution >= 0.6 is 15.9 Å². The maximum atomic E-state index is 10.9. The van der Waals surface area contributed by atoms with Crippen molar-refractivity contribution < 1.29 is 19.0 Å². The lowest BCUT2D eigenvalue weighted by Crippen LogP contribution is -2.13. The lowest BCUT2D eigenvalue weighted by atomic mass is 10.2. The lowest BCUT2D eigenvalue weighted by Gasteiger charge is -2.10. The molecule has 0 amide bonds. The molecule has 4 nitrogen and oxygen atoms in total. The van der Waals surface area contributed by atoms with Gasteiger partial charge in [0.05, 0.1) is 13.7 Å². The van der Waals surface area contributed by atoms with Gasteiger partial charge in [0.25, 0.3) is 0 Å². The van der Waals surface area contributed by atoms with Gasteiger partial charge in [0.15, 0.2) is 6.61 Å². The molecule has 1 aromatic rings. The largest absolute Gasteiger partial charge is 0.493 e. The van der Waals surface area contributed by atoms with Crippen molar-refractivity contribution in [1.82, 2.24) is 0 Å². The van der Waals surface area contributed by atoms with Crippen LogP contribution in [-0.2, 0) is 9.53 Å². The number of halogens is 1. The van der Waals surface area contributed by atoms with Crippen LogP contribution in [0.2, 0.25) is 0 Å². The number of rotatable bonds is 6. The fourth-order valence-electron chi connectivity index (χ4n) is 1.23. The zero-order chi connectivity index (χ0) is 12.7. The number of carbonyl (C=O) groups is 1. The Hall–Kier alpha value is -1.23. The third kappa shape index (κ3) is 4.65. The summed E-state index contributed by atoms with van der Waals surface area (Å²) in [7, 11) is 1.33. The Morgan fingerprint density at radius 3 is 2.71 bits per heavy atom. The van der Waals surface area contributed by atoms with Gasteiger partial charge in [0, 0.05) is 5.33 Å². The Morgan fingerprint density at radius 1 is 1.35 bits per heavy atom. The second-order valence-electron chi connectivity index (χ2n) is 3.33. The number of aryl methyl sites for hydroxylation is 1. The topological polar surface area (TPSA) is 44.8 Å². The summed E-state index contributed by atoms with van der Waals surface area (Å²) in [4.78, 5) is 10.9. The van der Waals surface area contributed by atoms with Crippen LogP contribution in [-0.4, -0.2) is 31.6 Å². The van der Waals surface area contributed by atoms with E-state index in [-0.39, 0.29) is 6.61 Å². The summed E-state index contributed by atoms with van der Waals surface area (Å²) < 4.78 is 15.2. The van der Waals surface area contributed by atoms with E-state index in [4.69, 9.17) is 9.47 Å². The highest BCUT2D eigenvalue weighted by atomic mass is 79.9. The van der Waals surface area contributed by atoms with Gasteiger partial charge in [-0.2, -0.15) is 0 Å². The van der Waals surface area contributed by atoms with Gasteiger partial charge in [-0.05, 0) is 30.7 Å². The van der Waals surface area contributed by atoms with Gasteiger partial charge in [-0.1, -0.05) is 15.9 Å². The molecule has 0 aliphatic carbocycles. The third-order valence-electron chi connectivity index (χ3n) is 2.07. The minimum Gasteiger partial charge on any atom is -0.493 e. The minimum atomic E-state index is -0.399. The van der Waals surface area contributed by atoms with Crippen LogP contribution in [0, 0.1) is 6.92 Å². The van der Waals surface area contributed by atoms with Crippen LogP contribution in [0.3, 0.4) is 0 Å². The van der Waals surface area contributed by atoms with Gasteiger partial charge in [0.2, 0.25) is 0 Å². The number of hydrogen-bond acceptors (Lipinski definition) is 4. The first-order valence-electron chi connectivity index (χ1n) is 5.16. The minimum absolute atomic E-state index is 0.0844. The highest BCUT2D eigenvalue weighted by Crippen LogP contribution is 2.23. The predicted molar refractivity (Wildman–Crippen MR) is 68.0 cm³/mol. The highest BCUT2D eigenvalue weighted by molar-refractivity contribution is 9.09. The van der Waals surface area contributed by atoms with E-state index >= 15 is 0 Å². The molecule has 0 fully saturated rings. The average molecular weight is 303 g/mol. The second-order valence-corrected chi connectivity index (χ2v) is 4.12. The van der Waals surface area contributed by atoms with Gasteiger partial charge in [-0.15, -0.1) is 0 Å². The van der Waals surface area contributed by atoms with Crippen molar-refractivity contribution in [3.8, 4) is 11.5 Å². The van der Waals surface area contributed by atoms with Crippen LogP contribution < -0.4 is 9.47 Å². The normalized spacial score (nSPS) is 9.82. The Morgan fingerprint density at radius 2 is 2.12 bits per heavy atom. The molecule has 0 saturated carbocycles. The molecule has 0 N–H and O–H groups in total. The van der Waals surface area contributed by atoms with Gasteiger partial charge in [-0.3, -0.25) is 0 Å². The fourth-order valence-corrected chi connectivity index (χ4v) is 1.39. The van der Waals surface area contributed by atoms with Crippen molar-refractivity contribution in [2.45, 2.75) is 6.92 Å². The summed E-state index contributed by atoms with van der Waals surface area (Å²) >= 11 is 3.29. The molecule has 94 valence electrons. The fraction of sp³-hybridized carbons (Fsp3) is 0.417. The molecular formula is C12H15BrO4. The third-order valence-corrected chi connectivity index (χ3v) is 2.39. The van der Waals surface area contributed by atoms with Crippen molar-refractivity contribution >= 4 is 21.9 Å². The first-order chi connectivity index (χ1) is 8.17. The molecule has 0 spiro atoms. The number of ether oxygens (including phenoxy) is 3. The zero-order valence-corrected chi connectivity index (χ0v) is 11.5. The van der Waals surface area contributed by atoms with Crippen molar-refractivity contribution in [2.24, 2.45) is 0 Å². The molecule has 0 unspecified atom stereocenters. The molecule has 17 heavy (non-hydrogen) atoms. The first-order valence-corrected chi connectivity index (χ1v) is 6.28. The smallest absolute Gasteiger partial charge is 0.343 e. The van der Waals surface area contributed by atoms with Crippen LogP contribution in [0.1, 0.15) is 5.56 Å². The van der Waals surface area contributed by atoms with E-state index in [1.807, 2.05) is 19.1 Å². The van der Waals surface area contributed by atoms with E-state index in [0.29, 0.717) is 12.4 Å². The molecule has 0 saturated heterocycles. The summed E-state index contributed by atoms with van der Waals surface area (Å²) in [6, 6.07) is 5.46. The molecule has 0 aliphatic rings. The van der Waals surface area contributed by atoms with Crippen molar-refractivity contribution in [3.05, 3.63) is 23.8 Å². The van der Waals surface area contributed by atoms with E-state index in [0.717, 1.165) is 16.6 Å². The van der Waals surface area contributed by atoms with E-state index in [9.17, 15) is 4.79 Å². The summed E-state index contributed by atoms with van der Waals surface area (Å²) in [6.45, 7) is 2.42. The SMILES string of the molecule is COC(=O)COc1ccc(OCCBr)cc1C. The molecule has 0 aromatic heterocycles. The number of methoxy groups -OCH3 is 1. The maximum Gasteiger partial charge on any atom is 0.343 e. The molecule has 1 rings (SSSR count). The van der Waals surface area contributed by atoms with Gasteiger partial charge >= 0.3 is 5.97 Å². The quantitative estimate of drug-likeness (QED) is 0.597. The van der Waals surface area contributed by atoms with E-state index in [1.54, 1.807) is 6.07 Å². The monoisotopic (exact) mass is 302 g/mol. The Labute approximate surface area is 109 Å². The van der Waals surface area contributed by atoms with Crippen LogP contribution in [0.5, 0.6) is 11.5 Å². The maximum absolute atomic E-state index is 10.9. The zero-order valence-electron chi connectivity index (χ0n) is 9.86. The summed E-state index contributed by atoms with van der Waals surface area (Å²) in [5, 5.41) is 0.784. The van der Waals surface area contributed by atoms with Crippen molar-refractivity contribution in [2.75, 3.05) is 25.7 Å². The standard InChI is InChI=1S/C12H15BrO4/c1-9-7-10(16-6-5-13)3-4-11(9)17-8-12(14)15-2/h3-4,7H,5-6,8H2,1-2H3. The molecule has 0 radical (unpaired) electrons. The van der Waals surface area contributed by atoms with Crippen molar-refractivity contribution in [1.29, 1.82) is 0 Å². The second kappa shape index (κ2) is 7.17. The van der Waals surface area contributed by atoms with Crippen LogP contribution in [0.15, 0.2) is 18.2 Å². The molecule has 5 heteroatoms. The Bertz CT molecular complexity index is 379. The molecule has 0 bridgehead atoms. The predicted octanol–water partition coefficient (Wildman–Crippen LogP) is 2.32. The van der Waals surface area contributed by atoms with Gasteiger partial charge < -0.3 is 14.2 Å². The van der Waals surface area contributed by atoms with E-state index < -0.39 is 5.97 Å². The molecule has 0 aliphatic heterocycles. The molecule has 0 heterocycles. The van der Waals surface area contributed by atoms with Gasteiger partial charge in [-0.25, -0.2) is 4.79 Å². The summed E-state index contributed by atoms with van der Waals surface area (Å²) in [5.74, 6) is 1.04. The van der Waals surface area contributed by atoms with E-state index in [2.05, 4.69) is 20.7 Å². The molecule has 1 aromatic carbocycles. The lowest BCUT2D eigenvalue weighted by molar-refractivity contribution is -0.142. The Balaban J connectivity index is 2.59. The first kappa shape index (κ1) is 13.8. The molecular weight excluding hydrogens is 288 g/mol. The van der Waals surface area contributed by atoms with Crippen LogP contribution in [0.4, 0.5) is 0 Å². The average Bonchev–Trinajstić information content (AvgIpc) is 2.34. The number of benzene rings is 1. The molecule has 0 atom stereocenters. The highest BCUT2D eigenvalue weighted by Gasteiger charge is 2.05. The number of carbonyl (C=O) groups excluding carboxylic acids is 1. The van der Waals surface area contributed by atoms with E-state index in [1.165, 1.54) is 7.11 Å². The van der Waals surface area contributed by atoms with Crippen LogP contribution in [0.25, 0.3) is 0 Å². The summed E-state index contributed by atoms with van der Waals surface area (Å²) in [5.41, 5.74) is 0.918. The number of esters is 1. The number of hydrogen-bond donors (Lipinski definition) is 0. The Kier molecular flexibility index (Phi) is 5.83. The summed E-state index contributed by atoms with van der Waals surface area (Å²) in [6.07, 6.45) is 0.